The quantitative estimate of drug-likeness (QED) is 0.304. The van der Waals surface area contributed by atoms with E-state index in [1.165, 1.54) is 0 Å². The number of hydrogen-bond acceptors (Lipinski definition) is 4. The first-order valence-electron chi connectivity index (χ1n) is 8.46. The molecule has 0 atom stereocenters. The van der Waals surface area contributed by atoms with Gasteiger partial charge in [0.1, 0.15) is 0 Å². The van der Waals surface area contributed by atoms with E-state index in [0.717, 1.165) is 5.69 Å². The van der Waals surface area contributed by atoms with Crippen molar-refractivity contribution in [2.45, 2.75) is 27.7 Å². The molecule has 0 fully saturated rings. The first-order valence-corrected chi connectivity index (χ1v) is 8.46. The lowest BCUT2D eigenvalue weighted by Crippen LogP contribution is -2.38. The van der Waals surface area contributed by atoms with Gasteiger partial charge in [-0.25, -0.2) is 0 Å². The molecule has 26 heavy (non-hydrogen) atoms. The summed E-state index contributed by atoms with van der Waals surface area (Å²) < 4.78 is 10.9. The molecule has 1 amide bonds. The molecule has 0 aliphatic rings. The second-order valence-corrected chi connectivity index (χ2v) is 6.08. The molecule has 0 aromatic heterocycles. The molecule has 1 rings (SSSR count). The van der Waals surface area contributed by atoms with E-state index in [1.807, 2.05) is 45.9 Å². The number of benzene rings is 1. The molecule has 0 aliphatic carbocycles. The summed E-state index contributed by atoms with van der Waals surface area (Å²) in [6, 6.07) is 5.59. The largest absolute Gasteiger partial charge is 0.493 e. The van der Waals surface area contributed by atoms with Crippen LogP contribution in [-0.2, 0) is 4.79 Å². The van der Waals surface area contributed by atoms with Crippen LogP contribution < -0.4 is 25.4 Å². The maximum absolute atomic E-state index is 11.9. The van der Waals surface area contributed by atoms with Gasteiger partial charge in [-0.15, -0.1) is 24.0 Å². The Kier molecular flexibility index (Phi) is 11.0. The molecule has 8 heteroatoms. The van der Waals surface area contributed by atoms with E-state index < -0.39 is 5.41 Å². The van der Waals surface area contributed by atoms with Gasteiger partial charge in [-0.1, -0.05) is 0 Å². The zero-order chi connectivity index (χ0) is 18.9. The third-order valence-corrected chi connectivity index (χ3v) is 3.54. The zero-order valence-corrected chi connectivity index (χ0v) is 18.8. The molecule has 148 valence electrons. The SMILES string of the molecule is CCNC(=NCC(C)(C)C(=O)NC)Nc1ccc(OCC)c(OC)c1.I. The van der Waals surface area contributed by atoms with Crippen LogP contribution in [0.5, 0.6) is 11.5 Å². The molecule has 3 N–H and O–H groups in total. The highest BCUT2D eigenvalue weighted by molar-refractivity contribution is 14.0. The van der Waals surface area contributed by atoms with Gasteiger partial charge in [-0.2, -0.15) is 0 Å². The first kappa shape index (κ1) is 24.3. The van der Waals surface area contributed by atoms with Gasteiger partial charge in [0.05, 0.1) is 25.7 Å². The van der Waals surface area contributed by atoms with Crippen molar-refractivity contribution in [3.8, 4) is 11.5 Å². The standard InChI is InChI=1S/C18H30N4O3.HI/c1-7-20-17(21-12-18(3,4)16(23)19-5)22-13-9-10-14(25-8-2)15(11-13)24-6;/h9-11H,7-8,12H2,1-6H3,(H,19,23)(H2,20,21,22);1H. The Labute approximate surface area is 173 Å². The lowest BCUT2D eigenvalue weighted by molar-refractivity contribution is -0.128. The second-order valence-electron chi connectivity index (χ2n) is 6.08. The Hall–Kier alpha value is -1.71. The molecule has 0 unspecified atom stereocenters. The van der Waals surface area contributed by atoms with Crippen molar-refractivity contribution in [1.82, 2.24) is 10.6 Å². The summed E-state index contributed by atoms with van der Waals surface area (Å²) in [4.78, 5) is 16.4. The minimum Gasteiger partial charge on any atom is -0.493 e. The van der Waals surface area contributed by atoms with Crippen LogP contribution in [0.3, 0.4) is 0 Å². The molecule has 1 aromatic rings. The molecule has 0 saturated heterocycles. The van der Waals surface area contributed by atoms with E-state index in [-0.39, 0.29) is 29.9 Å². The predicted octanol–water partition coefficient (Wildman–Crippen LogP) is 2.86. The molecule has 0 radical (unpaired) electrons. The Bertz CT molecular complexity index is 606. The van der Waals surface area contributed by atoms with E-state index >= 15 is 0 Å². The Morgan fingerprint density at radius 3 is 2.46 bits per heavy atom. The topological polar surface area (TPSA) is 84.0 Å². The van der Waals surface area contributed by atoms with E-state index in [0.29, 0.717) is 37.2 Å². The van der Waals surface area contributed by atoms with Gasteiger partial charge in [-0.05, 0) is 39.8 Å². The van der Waals surface area contributed by atoms with E-state index in [9.17, 15) is 4.79 Å². The van der Waals surface area contributed by atoms with Gasteiger partial charge in [-0.3, -0.25) is 9.79 Å². The van der Waals surface area contributed by atoms with Crippen LogP contribution in [-0.4, -0.2) is 45.7 Å². The number of amides is 1. The highest BCUT2D eigenvalue weighted by Gasteiger charge is 2.26. The molecule has 0 bridgehead atoms. The zero-order valence-electron chi connectivity index (χ0n) is 16.4. The second kappa shape index (κ2) is 11.8. The summed E-state index contributed by atoms with van der Waals surface area (Å²) in [5, 5.41) is 9.06. The van der Waals surface area contributed by atoms with Gasteiger partial charge >= 0.3 is 0 Å². The Morgan fingerprint density at radius 2 is 1.92 bits per heavy atom. The molecular weight excluding hydrogens is 447 g/mol. The lowest BCUT2D eigenvalue weighted by Gasteiger charge is -2.21. The summed E-state index contributed by atoms with van der Waals surface area (Å²) in [5.74, 6) is 1.90. The van der Waals surface area contributed by atoms with Gasteiger partial charge in [0.2, 0.25) is 5.91 Å². The number of anilines is 1. The molecule has 0 aliphatic heterocycles. The lowest BCUT2D eigenvalue weighted by atomic mass is 9.93. The van der Waals surface area contributed by atoms with Crippen molar-refractivity contribution in [3.05, 3.63) is 18.2 Å². The van der Waals surface area contributed by atoms with Crippen LogP contribution in [0.15, 0.2) is 23.2 Å². The van der Waals surface area contributed by atoms with Crippen molar-refractivity contribution in [1.29, 1.82) is 0 Å². The van der Waals surface area contributed by atoms with Crippen molar-refractivity contribution in [3.63, 3.8) is 0 Å². The summed E-state index contributed by atoms with van der Waals surface area (Å²) in [7, 11) is 3.23. The summed E-state index contributed by atoms with van der Waals surface area (Å²) >= 11 is 0. The molecule has 0 saturated carbocycles. The number of hydrogen-bond donors (Lipinski definition) is 3. The van der Waals surface area contributed by atoms with Crippen molar-refractivity contribution < 1.29 is 14.3 Å². The van der Waals surface area contributed by atoms with Gasteiger partial charge in [0.25, 0.3) is 0 Å². The third kappa shape index (κ3) is 7.27. The minimum absolute atomic E-state index is 0. The number of aliphatic imine (C=N–C) groups is 1. The monoisotopic (exact) mass is 478 g/mol. The molecule has 1 aromatic carbocycles. The highest BCUT2D eigenvalue weighted by atomic mass is 127. The number of rotatable bonds is 8. The molecule has 0 spiro atoms. The molecular formula is C18H31IN4O3. The van der Waals surface area contributed by atoms with Crippen LogP contribution in [0.2, 0.25) is 0 Å². The van der Waals surface area contributed by atoms with Crippen LogP contribution in [0.1, 0.15) is 27.7 Å². The average molecular weight is 478 g/mol. The maximum Gasteiger partial charge on any atom is 0.227 e. The number of nitrogens with one attached hydrogen (secondary N) is 3. The van der Waals surface area contributed by atoms with Crippen molar-refractivity contribution >= 4 is 41.5 Å². The molecule has 0 heterocycles. The number of carbonyl (C=O) groups is 1. The third-order valence-electron chi connectivity index (χ3n) is 3.54. The number of guanidine groups is 1. The number of carbonyl (C=O) groups excluding carboxylic acids is 1. The normalized spacial score (nSPS) is 11.2. The summed E-state index contributed by atoms with van der Waals surface area (Å²) in [5.41, 5.74) is 0.228. The average Bonchev–Trinajstić information content (AvgIpc) is 2.60. The van der Waals surface area contributed by atoms with Crippen molar-refractivity contribution in [2.75, 3.05) is 39.2 Å². The van der Waals surface area contributed by atoms with Crippen LogP contribution in [0.4, 0.5) is 5.69 Å². The Morgan fingerprint density at radius 1 is 1.23 bits per heavy atom. The predicted molar refractivity (Wildman–Crippen MR) is 117 cm³/mol. The van der Waals surface area contributed by atoms with Gasteiger partial charge in [0, 0.05) is 25.3 Å². The minimum atomic E-state index is -0.590. The van der Waals surface area contributed by atoms with E-state index in [2.05, 4.69) is 20.9 Å². The first-order chi connectivity index (χ1) is 11.9. The Balaban J connectivity index is 0.00000625. The van der Waals surface area contributed by atoms with E-state index in [1.54, 1.807) is 14.2 Å². The fourth-order valence-corrected chi connectivity index (χ4v) is 2.15. The fraction of sp³-hybridized carbons (Fsp3) is 0.556. The number of nitrogens with zero attached hydrogens (tertiary/aromatic N) is 1. The maximum atomic E-state index is 11.9. The van der Waals surface area contributed by atoms with E-state index in [4.69, 9.17) is 9.47 Å². The van der Waals surface area contributed by atoms with Gasteiger partial charge in [0.15, 0.2) is 17.5 Å². The number of methoxy groups -OCH3 is 1. The number of ether oxygens (including phenoxy) is 2. The van der Waals surface area contributed by atoms with Crippen molar-refractivity contribution in [2.24, 2.45) is 10.4 Å². The van der Waals surface area contributed by atoms with Crippen LogP contribution in [0, 0.1) is 5.41 Å². The number of halogens is 1. The highest BCUT2D eigenvalue weighted by Crippen LogP contribution is 2.30. The van der Waals surface area contributed by atoms with Crippen LogP contribution in [0.25, 0.3) is 0 Å². The fourth-order valence-electron chi connectivity index (χ4n) is 2.15. The van der Waals surface area contributed by atoms with Crippen LogP contribution >= 0.6 is 24.0 Å². The molecule has 7 nitrogen and oxygen atoms in total. The summed E-state index contributed by atoms with van der Waals surface area (Å²) in [6.07, 6.45) is 0. The summed E-state index contributed by atoms with van der Waals surface area (Å²) in [6.45, 7) is 9.27. The van der Waals surface area contributed by atoms with Gasteiger partial charge < -0.3 is 25.4 Å². The smallest absolute Gasteiger partial charge is 0.227 e.